The summed E-state index contributed by atoms with van der Waals surface area (Å²) in [6.45, 7) is 0.0545. The molecule has 0 spiro atoms. The second-order valence-corrected chi connectivity index (χ2v) is 5.68. The minimum atomic E-state index is -0.972. The maximum atomic E-state index is 11.8. The molecule has 8 heteroatoms. The van der Waals surface area contributed by atoms with Gasteiger partial charge in [0.1, 0.15) is 10.7 Å². The molecule has 0 saturated heterocycles. The molecule has 2 rings (SSSR count). The van der Waals surface area contributed by atoms with E-state index >= 15 is 0 Å². The van der Waals surface area contributed by atoms with Crippen LogP contribution in [0.5, 0.6) is 0 Å². The zero-order valence-electron chi connectivity index (χ0n) is 10.6. The predicted octanol–water partition coefficient (Wildman–Crippen LogP) is 3.32. The number of carbonyl (C=O) groups is 2. The van der Waals surface area contributed by atoms with Crippen molar-refractivity contribution in [1.82, 2.24) is 10.3 Å². The lowest BCUT2D eigenvalue weighted by atomic mass is 10.2. The van der Waals surface area contributed by atoms with Gasteiger partial charge in [0.15, 0.2) is 0 Å². The molecular weight excluding hydrogens is 335 g/mol. The molecule has 0 aliphatic rings. The van der Waals surface area contributed by atoms with Crippen molar-refractivity contribution in [3.8, 4) is 10.6 Å². The van der Waals surface area contributed by atoms with Crippen LogP contribution in [0.4, 0.5) is 0 Å². The molecule has 0 unspecified atom stereocenters. The third kappa shape index (κ3) is 3.93. The number of nitrogens with zero attached hydrogens (tertiary/aromatic N) is 1. The Labute approximate surface area is 134 Å². The van der Waals surface area contributed by atoms with Gasteiger partial charge in [-0.05, 0) is 6.07 Å². The first-order valence-electron chi connectivity index (χ1n) is 5.89. The average molecular weight is 345 g/mol. The molecule has 0 saturated carbocycles. The molecule has 2 aromatic rings. The summed E-state index contributed by atoms with van der Waals surface area (Å²) in [4.78, 5) is 26.4. The molecule has 1 aromatic carbocycles. The van der Waals surface area contributed by atoms with Crippen LogP contribution < -0.4 is 5.32 Å². The Balaban J connectivity index is 2.12. The molecule has 0 radical (unpaired) electrons. The van der Waals surface area contributed by atoms with Crippen molar-refractivity contribution in [2.75, 3.05) is 6.54 Å². The third-order valence-electron chi connectivity index (χ3n) is 2.54. The molecule has 0 bridgehead atoms. The number of aliphatic carboxylic acids is 1. The Morgan fingerprint density at radius 3 is 2.81 bits per heavy atom. The number of hydrogen-bond acceptors (Lipinski definition) is 4. The van der Waals surface area contributed by atoms with Crippen LogP contribution in [-0.4, -0.2) is 28.5 Å². The van der Waals surface area contributed by atoms with Crippen LogP contribution in [0.3, 0.4) is 0 Å². The van der Waals surface area contributed by atoms with Gasteiger partial charge in [-0.15, -0.1) is 11.3 Å². The number of benzene rings is 1. The van der Waals surface area contributed by atoms with E-state index in [1.807, 2.05) is 0 Å². The van der Waals surface area contributed by atoms with Gasteiger partial charge < -0.3 is 10.4 Å². The number of thiazole rings is 1. The molecule has 5 nitrogen and oxygen atoms in total. The Morgan fingerprint density at radius 1 is 1.33 bits per heavy atom. The first-order valence-corrected chi connectivity index (χ1v) is 7.52. The second kappa shape index (κ2) is 6.89. The fourth-order valence-corrected chi connectivity index (χ4v) is 2.82. The van der Waals surface area contributed by atoms with E-state index in [-0.39, 0.29) is 18.7 Å². The fraction of sp³-hybridized carbons (Fsp3) is 0.154. The first-order chi connectivity index (χ1) is 9.99. The normalized spacial score (nSPS) is 10.4. The molecular formula is C13H10Cl2N2O3S. The summed E-state index contributed by atoms with van der Waals surface area (Å²) in [6, 6.07) is 5.18. The lowest BCUT2D eigenvalue weighted by Gasteiger charge is -2.02. The van der Waals surface area contributed by atoms with Crippen LogP contribution in [0, 0.1) is 0 Å². The topological polar surface area (TPSA) is 79.3 Å². The van der Waals surface area contributed by atoms with Gasteiger partial charge in [-0.2, -0.15) is 0 Å². The monoisotopic (exact) mass is 344 g/mol. The maximum Gasteiger partial charge on any atom is 0.305 e. The van der Waals surface area contributed by atoms with Crippen molar-refractivity contribution in [2.45, 2.75) is 6.42 Å². The van der Waals surface area contributed by atoms with Crippen LogP contribution in [0.1, 0.15) is 16.9 Å². The fourth-order valence-electron chi connectivity index (χ4n) is 1.54. The Morgan fingerprint density at radius 2 is 2.10 bits per heavy atom. The number of nitrogens with one attached hydrogen (secondary N) is 1. The highest BCUT2D eigenvalue weighted by Gasteiger charge is 2.14. The molecule has 0 fully saturated rings. The van der Waals surface area contributed by atoms with Crippen LogP contribution in [0.2, 0.25) is 10.0 Å². The second-order valence-electron chi connectivity index (χ2n) is 4.04. The standard InChI is InChI=1S/C13H10Cl2N2O3S/c14-8-3-1-2-7(11(8)15)13-17-9(6-21-13)12(20)16-5-4-10(18)19/h1-3,6H,4-5H2,(H,16,20)(H,18,19). The lowest BCUT2D eigenvalue weighted by molar-refractivity contribution is -0.136. The number of amides is 1. The molecule has 0 aliphatic heterocycles. The summed E-state index contributed by atoms with van der Waals surface area (Å²) >= 11 is 13.3. The molecule has 21 heavy (non-hydrogen) atoms. The van der Waals surface area contributed by atoms with Crippen LogP contribution in [-0.2, 0) is 4.79 Å². The summed E-state index contributed by atoms with van der Waals surface area (Å²) in [7, 11) is 0. The number of rotatable bonds is 5. The number of carbonyl (C=O) groups excluding carboxylic acids is 1. The number of carboxylic acids is 1. The molecule has 1 amide bonds. The van der Waals surface area contributed by atoms with Gasteiger partial charge in [-0.1, -0.05) is 35.3 Å². The molecule has 1 heterocycles. The van der Waals surface area contributed by atoms with Crippen molar-refractivity contribution in [3.05, 3.63) is 39.3 Å². The van der Waals surface area contributed by atoms with E-state index in [9.17, 15) is 9.59 Å². The van der Waals surface area contributed by atoms with E-state index in [1.165, 1.54) is 11.3 Å². The van der Waals surface area contributed by atoms with Crippen molar-refractivity contribution in [2.24, 2.45) is 0 Å². The van der Waals surface area contributed by atoms with E-state index in [4.69, 9.17) is 28.3 Å². The van der Waals surface area contributed by atoms with Crippen LogP contribution >= 0.6 is 34.5 Å². The van der Waals surface area contributed by atoms with E-state index in [2.05, 4.69) is 10.3 Å². The first kappa shape index (κ1) is 15.8. The van der Waals surface area contributed by atoms with Crippen molar-refractivity contribution < 1.29 is 14.7 Å². The van der Waals surface area contributed by atoms with E-state index < -0.39 is 11.9 Å². The third-order valence-corrected chi connectivity index (χ3v) is 4.24. The van der Waals surface area contributed by atoms with Gasteiger partial charge in [-0.3, -0.25) is 9.59 Å². The highest BCUT2D eigenvalue weighted by atomic mass is 35.5. The van der Waals surface area contributed by atoms with Gasteiger partial charge in [0.2, 0.25) is 0 Å². The molecule has 1 aromatic heterocycles. The van der Waals surface area contributed by atoms with Crippen molar-refractivity contribution in [3.63, 3.8) is 0 Å². The van der Waals surface area contributed by atoms with E-state index in [0.29, 0.717) is 20.6 Å². The van der Waals surface area contributed by atoms with Crippen molar-refractivity contribution in [1.29, 1.82) is 0 Å². The summed E-state index contributed by atoms with van der Waals surface area (Å²) in [5, 5.41) is 14.0. The number of carboxylic acid groups (broad SMARTS) is 1. The lowest BCUT2D eigenvalue weighted by Crippen LogP contribution is -2.26. The Bertz CT molecular complexity index is 688. The van der Waals surface area contributed by atoms with Gasteiger partial charge >= 0.3 is 5.97 Å². The number of aromatic nitrogens is 1. The van der Waals surface area contributed by atoms with E-state index in [0.717, 1.165) is 0 Å². The summed E-state index contributed by atoms with van der Waals surface area (Å²) in [6.07, 6.45) is -0.136. The van der Waals surface area contributed by atoms with Gasteiger partial charge in [-0.25, -0.2) is 4.98 Å². The molecule has 2 N–H and O–H groups in total. The zero-order chi connectivity index (χ0) is 15.4. The highest BCUT2D eigenvalue weighted by Crippen LogP contribution is 2.34. The summed E-state index contributed by atoms with van der Waals surface area (Å²) < 4.78 is 0. The predicted molar refractivity (Wildman–Crippen MR) is 82.2 cm³/mol. The van der Waals surface area contributed by atoms with Gasteiger partial charge in [0.05, 0.1) is 16.5 Å². The van der Waals surface area contributed by atoms with Crippen LogP contribution in [0.15, 0.2) is 23.6 Å². The quantitative estimate of drug-likeness (QED) is 0.871. The smallest absolute Gasteiger partial charge is 0.305 e. The Hall–Kier alpha value is -1.63. The molecule has 0 aliphatic carbocycles. The zero-order valence-corrected chi connectivity index (χ0v) is 12.9. The minimum absolute atomic E-state index is 0.0545. The number of hydrogen-bond donors (Lipinski definition) is 2. The molecule has 0 atom stereocenters. The SMILES string of the molecule is O=C(O)CCNC(=O)c1csc(-c2cccc(Cl)c2Cl)n1. The summed E-state index contributed by atoms with van der Waals surface area (Å²) in [5.41, 5.74) is 0.871. The Kier molecular flexibility index (Phi) is 5.17. The van der Waals surface area contributed by atoms with Crippen molar-refractivity contribution >= 4 is 46.4 Å². The minimum Gasteiger partial charge on any atom is -0.481 e. The maximum absolute atomic E-state index is 11.8. The summed E-state index contributed by atoms with van der Waals surface area (Å²) in [5.74, 6) is -1.39. The van der Waals surface area contributed by atoms with Crippen LogP contribution in [0.25, 0.3) is 10.6 Å². The average Bonchev–Trinajstić information content (AvgIpc) is 2.91. The highest BCUT2D eigenvalue weighted by molar-refractivity contribution is 7.13. The van der Waals surface area contributed by atoms with Gasteiger partial charge in [0, 0.05) is 17.5 Å². The van der Waals surface area contributed by atoms with Gasteiger partial charge in [0.25, 0.3) is 5.91 Å². The largest absolute Gasteiger partial charge is 0.481 e. The number of halogens is 2. The molecule has 110 valence electrons. The van der Waals surface area contributed by atoms with E-state index in [1.54, 1.807) is 23.6 Å².